The number of hydrogen-bond acceptors (Lipinski definition) is 3. The SMILES string of the molecule is Nc1ccccc1OC[C]=O. The van der Waals surface area contributed by atoms with E-state index in [9.17, 15) is 4.79 Å². The molecule has 0 saturated heterocycles. The third-order valence-corrected chi connectivity index (χ3v) is 1.21. The van der Waals surface area contributed by atoms with Crippen molar-refractivity contribution in [2.75, 3.05) is 12.3 Å². The molecule has 0 aliphatic carbocycles. The zero-order chi connectivity index (χ0) is 8.10. The monoisotopic (exact) mass is 150 g/mol. The lowest BCUT2D eigenvalue weighted by molar-refractivity contribution is 0.367. The number of para-hydroxylation sites is 2. The average Bonchev–Trinajstić information content (AvgIpc) is 2.03. The molecule has 0 aliphatic rings. The molecule has 0 bridgehead atoms. The zero-order valence-electron chi connectivity index (χ0n) is 5.91. The van der Waals surface area contributed by atoms with Crippen LogP contribution in [-0.2, 0) is 4.79 Å². The predicted molar refractivity (Wildman–Crippen MR) is 42.0 cm³/mol. The van der Waals surface area contributed by atoms with Crippen LogP contribution < -0.4 is 10.5 Å². The second-order valence-electron chi connectivity index (χ2n) is 1.97. The van der Waals surface area contributed by atoms with E-state index in [1.807, 2.05) is 0 Å². The van der Waals surface area contributed by atoms with E-state index >= 15 is 0 Å². The first-order valence-corrected chi connectivity index (χ1v) is 3.17. The summed E-state index contributed by atoms with van der Waals surface area (Å²) in [6, 6.07) is 7.00. The summed E-state index contributed by atoms with van der Waals surface area (Å²) in [6.07, 6.45) is 1.62. The summed E-state index contributed by atoms with van der Waals surface area (Å²) < 4.78 is 4.94. The summed E-state index contributed by atoms with van der Waals surface area (Å²) in [5.41, 5.74) is 6.04. The normalized spacial score (nSPS) is 9.09. The molecule has 57 valence electrons. The summed E-state index contributed by atoms with van der Waals surface area (Å²) in [5.74, 6) is 0.524. The van der Waals surface area contributed by atoms with E-state index in [0.29, 0.717) is 11.4 Å². The van der Waals surface area contributed by atoms with Gasteiger partial charge >= 0.3 is 0 Å². The second-order valence-corrected chi connectivity index (χ2v) is 1.97. The molecule has 0 unspecified atom stereocenters. The topological polar surface area (TPSA) is 52.3 Å². The number of hydrogen-bond donors (Lipinski definition) is 1. The Morgan fingerprint density at radius 1 is 1.45 bits per heavy atom. The van der Waals surface area contributed by atoms with Crippen LogP contribution >= 0.6 is 0 Å². The molecule has 0 atom stereocenters. The fraction of sp³-hybridized carbons (Fsp3) is 0.125. The molecule has 0 fully saturated rings. The van der Waals surface area contributed by atoms with Crippen LogP contribution in [0.2, 0.25) is 0 Å². The molecule has 0 aromatic heterocycles. The number of nitrogen functional groups attached to an aromatic ring is 1. The molecule has 0 aliphatic heterocycles. The lowest BCUT2D eigenvalue weighted by atomic mass is 10.3. The molecule has 1 aromatic rings. The van der Waals surface area contributed by atoms with E-state index in [1.54, 1.807) is 30.6 Å². The number of nitrogens with two attached hydrogens (primary N) is 1. The second kappa shape index (κ2) is 3.61. The van der Waals surface area contributed by atoms with Crippen LogP contribution in [0.5, 0.6) is 5.75 Å². The molecule has 0 amide bonds. The molecule has 2 N–H and O–H groups in total. The van der Waals surface area contributed by atoms with E-state index in [1.165, 1.54) is 0 Å². The molecular weight excluding hydrogens is 142 g/mol. The Morgan fingerprint density at radius 2 is 2.18 bits per heavy atom. The zero-order valence-corrected chi connectivity index (χ0v) is 5.91. The minimum absolute atomic E-state index is 0.0752. The summed E-state index contributed by atoms with van der Waals surface area (Å²) in [4.78, 5) is 9.80. The van der Waals surface area contributed by atoms with E-state index in [4.69, 9.17) is 10.5 Å². The van der Waals surface area contributed by atoms with Gasteiger partial charge in [0.15, 0.2) is 6.61 Å². The van der Waals surface area contributed by atoms with Crippen LogP contribution in [0.4, 0.5) is 5.69 Å². The highest BCUT2D eigenvalue weighted by Gasteiger charge is 1.95. The first-order chi connectivity index (χ1) is 5.34. The van der Waals surface area contributed by atoms with E-state index < -0.39 is 0 Å². The number of ether oxygens (including phenoxy) is 1. The van der Waals surface area contributed by atoms with Gasteiger partial charge in [0, 0.05) is 0 Å². The van der Waals surface area contributed by atoms with E-state index in [-0.39, 0.29) is 6.61 Å². The Hall–Kier alpha value is -1.51. The van der Waals surface area contributed by atoms with Gasteiger partial charge in [-0.25, -0.2) is 0 Å². The molecule has 0 heterocycles. The molecule has 3 nitrogen and oxygen atoms in total. The van der Waals surface area contributed by atoms with Gasteiger partial charge in [-0.05, 0) is 12.1 Å². The molecule has 1 rings (SSSR count). The maximum atomic E-state index is 9.80. The summed E-state index contributed by atoms with van der Waals surface area (Å²) in [6.45, 7) is -0.0752. The standard InChI is InChI=1S/C8H8NO2/c9-7-3-1-2-4-8(7)11-6-5-10/h1-4H,6,9H2. The van der Waals surface area contributed by atoms with Crippen LogP contribution in [0.1, 0.15) is 0 Å². The molecule has 1 radical (unpaired) electrons. The lowest BCUT2D eigenvalue weighted by Gasteiger charge is -2.03. The van der Waals surface area contributed by atoms with Crippen molar-refractivity contribution in [2.45, 2.75) is 0 Å². The highest BCUT2D eigenvalue weighted by molar-refractivity contribution is 5.56. The summed E-state index contributed by atoms with van der Waals surface area (Å²) >= 11 is 0. The van der Waals surface area contributed by atoms with Crippen LogP contribution in [0.15, 0.2) is 24.3 Å². The third-order valence-electron chi connectivity index (χ3n) is 1.21. The first-order valence-electron chi connectivity index (χ1n) is 3.17. The summed E-state index contributed by atoms with van der Waals surface area (Å²) in [5, 5.41) is 0. The third kappa shape index (κ3) is 1.97. The van der Waals surface area contributed by atoms with Gasteiger partial charge in [0.05, 0.1) is 5.69 Å². The fourth-order valence-corrected chi connectivity index (χ4v) is 0.719. The minimum Gasteiger partial charge on any atom is -0.483 e. The largest absolute Gasteiger partial charge is 0.483 e. The van der Waals surface area contributed by atoms with Crippen molar-refractivity contribution in [3.63, 3.8) is 0 Å². The molecule has 0 spiro atoms. The van der Waals surface area contributed by atoms with Crippen LogP contribution in [0, 0.1) is 0 Å². The quantitative estimate of drug-likeness (QED) is 0.647. The molecular formula is C8H8NO2. The number of benzene rings is 1. The van der Waals surface area contributed by atoms with Gasteiger partial charge in [-0.1, -0.05) is 12.1 Å². The lowest BCUT2D eigenvalue weighted by Crippen LogP contribution is -2.00. The smallest absolute Gasteiger partial charge is 0.239 e. The van der Waals surface area contributed by atoms with Crippen molar-refractivity contribution in [3.8, 4) is 5.75 Å². The Morgan fingerprint density at radius 3 is 2.82 bits per heavy atom. The maximum Gasteiger partial charge on any atom is 0.239 e. The van der Waals surface area contributed by atoms with Crippen molar-refractivity contribution in [1.82, 2.24) is 0 Å². The molecule has 1 aromatic carbocycles. The minimum atomic E-state index is -0.0752. The van der Waals surface area contributed by atoms with Crippen molar-refractivity contribution >= 4 is 12.0 Å². The van der Waals surface area contributed by atoms with E-state index in [0.717, 1.165) is 0 Å². The first kappa shape index (κ1) is 7.60. The van der Waals surface area contributed by atoms with Gasteiger partial charge in [-0.2, -0.15) is 0 Å². The van der Waals surface area contributed by atoms with E-state index in [2.05, 4.69) is 0 Å². The van der Waals surface area contributed by atoms with Gasteiger partial charge in [0.1, 0.15) is 5.75 Å². The van der Waals surface area contributed by atoms with Crippen LogP contribution in [-0.4, -0.2) is 12.9 Å². The maximum absolute atomic E-state index is 9.80. The molecule has 0 saturated carbocycles. The van der Waals surface area contributed by atoms with Crippen LogP contribution in [0.3, 0.4) is 0 Å². The van der Waals surface area contributed by atoms with Crippen molar-refractivity contribution in [3.05, 3.63) is 24.3 Å². The van der Waals surface area contributed by atoms with Gasteiger partial charge in [-0.15, -0.1) is 0 Å². The molecule has 11 heavy (non-hydrogen) atoms. The van der Waals surface area contributed by atoms with Gasteiger partial charge in [0.25, 0.3) is 0 Å². The number of rotatable bonds is 3. The Kier molecular flexibility index (Phi) is 2.49. The summed E-state index contributed by atoms with van der Waals surface area (Å²) in [7, 11) is 0. The molecule has 3 heteroatoms. The van der Waals surface area contributed by atoms with Crippen molar-refractivity contribution in [1.29, 1.82) is 0 Å². The van der Waals surface area contributed by atoms with Crippen LogP contribution in [0.25, 0.3) is 0 Å². The number of anilines is 1. The fourth-order valence-electron chi connectivity index (χ4n) is 0.719. The number of carbonyl (C=O) groups excluding carboxylic acids is 1. The van der Waals surface area contributed by atoms with Gasteiger partial charge in [0.2, 0.25) is 6.29 Å². The highest BCUT2D eigenvalue weighted by atomic mass is 16.5. The average molecular weight is 150 g/mol. The van der Waals surface area contributed by atoms with Gasteiger partial charge < -0.3 is 10.5 Å². The van der Waals surface area contributed by atoms with Crippen molar-refractivity contribution in [2.24, 2.45) is 0 Å². The predicted octanol–water partition coefficient (Wildman–Crippen LogP) is 0.757. The van der Waals surface area contributed by atoms with Crippen molar-refractivity contribution < 1.29 is 9.53 Å². The highest BCUT2D eigenvalue weighted by Crippen LogP contribution is 2.18. The Bertz CT molecular complexity index is 248. The Balaban J connectivity index is 2.69. The Labute approximate surface area is 64.8 Å². The van der Waals surface area contributed by atoms with Gasteiger partial charge in [-0.3, -0.25) is 4.79 Å².